The lowest BCUT2D eigenvalue weighted by atomic mass is 9.67. The molecule has 0 N–H and O–H groups in total. The summed E-state index contributed by atoms with van der Waals surface area (Å²) in [5.41, 5.74) is -0.405. The van der Waals surface area contributed by atoms with Gasteiger partial charge in [-0.25, -0.2) is 4.90 Å². The van der Waals surface area contributed by atoms with Crippen molar-refractivity contribution in [2.75, 3.05) is 11.5 Å². The lowest BCUT2D eigenvalue weighted by Crippen LogP contribution is -2.43. The van der Waals surface area contributed by atoms with Crippen LogP contribution in [0, 0.1) is 23.2 Å². The van der Waals surface area contributed by atoms with Crippen LogP contribution in [0.3, 0.4) is 0 Å². The van der Waals surface area contributed by atoms with E-state index in [1.54, 1.807) is 24.3 Å². The van der Waals surface area contributed by atoms with Crippen LogP contribution in [-0.4, -0.2) is 29.6 Å². The van der Waals surface area contributed by atoms with Gasteiger partial charge in [0.15, 0.2) is 0 Å². The SMILES string of the molecule is C[C@@]12CC[C@@](CCOc3cccc(Cl)c3)(O1)[C@H]1C(=O)N(c3ccc(C#N)c4ccccc34)C(=O)[C@H]12. The molecule has 3 aromatic carbocycles. The minimum Gasteiger partial charge on any atom is -0.493 e. The summed E-state index contributed by atoms with van der Waals surface area (Å²) < 4.78 is 12.4. The number of hydrogen-bond acceptors (Lipinski definition) is 5. The topological polar surface area (TPSA) is 79.6 Å². The Labute approximate surface area is 208 Å². The molecule has 0 radical (unpaired) electrons. The molecule has 2 bridgehead atoms. The molecule has 0 saturated carbocycles. The standard InChI is InChI=1S/C28H23ClN2O4/c1-27-11-12-28(35-27,13-14-34-19-6-4-5-18(29)15-19)24-23(27)25(32)31(26(24)33)22-10-9-17(16-30)20-7-2-3-8-21(20)22/h2-10,15,23-24H,11-14H2,1H3/t23-,24+,27-,28-/m0/s1. The molecule has 3 saturated heterocycles. The highest BCUT2D eigenvalue weighted by Gasteiger charge is 2.73. The molecular weight excluding hydrogens is 464 g/mol. The Balaban J connectivity index is 1.34. The van der Waals surface area contributed by atoms with Crippen LogP contribution in [0.5, 0.6) is 5.75 Å². The quantitative estimate of drug-likeness (QED) is 0.459. The number of carbonyl (C=O) groups excluding carboxylic acids is 2. The molecule has 3 heterocycles. The van der Waals surface area contributed by atoms with Crippen molar-refractivity contribution in [3.05, 3.63) is 71.2 Å². The Hall–Kier alpha value is -3.40. The summed E-state index contributed by atoms with van der Waals surface area (Å²) in [6.45, 7) is 2.30. The number of amides is 2. The van der Waals surface area contributed by atoms with Gasteiger partial charge in [0.25, 0.3) is 0 Å². The summed E-state index contributed by atoms with van der Waals surface area (Å²) in [6.07, 6.45) is 1.91. The second kappa shape index (κ2) is 7.81. The van der Waals surface area contributed by atoms with E-state index in [4.69, 9.17) is 21.1 Å². The number of halogens is 1. The zero-order chi connectivity index (χ0) is 24.4. The van der Waals surface area contributed by atoms with Gasteiger partial charge in [0.1, 0.15) is 5.75 Å². The molecule has 176 valence electrons. The molecule has 35 heavy (non-hydrogen) atoms. The monoisotopic (exact) mass is 486 g/mol. The molecule has 0 spiro atoms. The zero-order valence-electron chi connectivity index (χ0n) is 19.2. The summed E-state index contributed by atoms with van der Waals surface area (Å²) in [5.74, 6) is -0.908. The Morgan fingerprint density at radius 1 is 1.06 bits per heavy atom. The Morgan fingerprint density at radius 2 is 1.83 bits per heavy atom. The highest BCUT2D eigenvalue weighted by Crippen LogP contribution is 2.62. The first-order valence-corrected chi connectivity index (χ1v) is 12.1. The molecule has 2 amide bonds. The Kier molecular flexibility index (Phi) is 4.93. The van der Waals surface area contributed by atoms with Gasteiger partial charge >= 0.3 is 0 Å². The fourth-order valence-electron chi connectivity index (χ4n) is 6.32. The third kappa shape index (κ3) is 3.19. The molecule has 3 aromatic rings. The van der Waals surface area contributed by atoms with Crippen LogP contribution >= 0.6 is 11.6 Å². The van der Waals surface area contributed by atoms with Crippen molar-refractivity contribution in [3.63, 3.8) is 0 Å². The Morgan fingerprint density at radius 3 is 2.60 bits per heavy atom. The molecule has 4 atom stereocenters. The molecule has 0 aliphatic carbocycles. The third-order valence-corrected chi connectivity index (χ3v) is 8.10. The largest absolute Gasteiger partial charge is 0.493 e. The number of hydrogen-bond donors (Lipinski definition) is 0. The number of carbonyl (C=O) groups is 2. The first-order valence-electron chi connectivity index (χ1n) is 11.8. The van der Waals surface area contributed by atoms with Gasteiger partial charge in [-0.3, -0.25) is 9.59 Å². The molecule has 3 fully saturated rings. The molecular formula is C28H23ClN2O4. The number of fused-ring (bicyclic) bond motifs is 6. The minimum absolute atomic E-state index is 0.227. The van der Waals surface area contributed by atoms with Crippen molar-refractivity contribution < 1.29 is 19.1 Å². The maximum Gasteiger partial charge on any atom is 0.240 e. The van der Waals surface area contributed by atoms with Crippen molar-refractivity contribution in [2.45, 2.75) is 37.4 Å². The highest BCUT2D eigenvalue weighted by molar-refractivity contribution is 6.30. The number of benzene rings is 3. The van der Waals surface area contributed by atoms with E-state index in [0.717, 1.165) is 5.39 Å². The van der Waals surface area contributed by atoms with Crippen LogP contribution in [0.1, 0.15) is 31.7 Å². The van der Waals surface area contributed by atoms with Gasteiger partial charge in [0.2, 0.25) is 11.8 Å². The van der Waals surface area contributed by atoms with Crippen LogP contribution in [0.4, 0.5) is 5.69 Å². The first-order chi connectivity index (χ1) is 16.9. The third-order valence-electron chi connectivity index (χ3n) is 7.86. The number of rotatable bonds is 5. The highest BCUT2D eigenvalue weighted by atomic mass is 35.5. The molecule has 7 heteroatoms. The van der Waals surface area contributed by atoms with Crippen LogP contribution in [0.2, 0.25) is 5.02 Å². The van der Waals surface area contributed by atoms with Crippen LogP contribution in [0.15, 0.2) is 60.7 Å². The van der Waals surface area contributed by atoms with E-state index in [0.29, 0.717) is 53.3 Å². The summed E-state index contributed by atoms with van der Waals surface area (Å²) in [5, 5.41) is 11.5. The van der Waals surface area contributed by atoms with Crippen LogP contribution in [-0.2, 0) is 14.3 Å². The molecule has 0 aromatic heterocycles. The smallest absolute Gasteiger partial charge is 0.240 e. The first kappa shape index (κ1) is 22.1. The van der Waals surface area contributed by atoms with Crippen molar-refractivity contribution in [2.24, 2.45) is 11.8 Å². The maximum atomic E-state index is 13.9. The van der Waals surface area contributed by atoms with Crippen LogP contribution < -0.4 is 9.64 Å². The van der Waals surface area contributed by atoms with E-state index < -0.39 is 23.0 Å². The second-order valence-corrected chi connectivity index (χ2v) is 10.2. The predicted octanol–water partition coefficient (Wildman–Crippen LogP) is 5.26. The van der Waals surface area contributed by atoms with Gasteiger partial charge in [0, 0.05) is 22.2 Å². The number of nitriles is 1. The molecule has 0 unspecified atom stereocenters. The number of anilines is 1. The molecule has 3 aliphatic heterocycles. The van der Waals surface area contributed by atoms with E-state index in [1.807, 2.05) is 43.3 Å². The van der Waals surface area contributed by atoms with E-state index in [1.165, 1.54) is 4.90 Å². The van der Waals surface area contributed by atoms with Crippen molar-refractivity contribution >= 4 is 39.9 Å². The zero-order valence-corrected chi connectivity index (χ0v) is 19.9. The van der Waals surface area contributed by atoms with Crippen molar-refractivity contribution in [3.8, 4) is 11.8 Å². The van der Waals surface area contributed by atoms with Gasteiger partial charge < -0.3 is 9.47 Å². The average Bonchev–Trinajstić information content (AvgIpc) is 3.43. The predicted molar refractivity (Wildman–Crippen MR) is 131 cm³/mol. The van der Waals surface area contributed by atoms with Gasteiger partial charge in [-0.2, -0.15) is 5.26 Å². The van der Waals surface area contributed by atoms with Gasteiger partial charge in [-0.05, 0) is 50.1 Å². The fourth-order valence-corrected chi connectivity index (χ4v) is 6.50. The Bertz CT molecular complexity index is 1430. The van der Waals surface area contributed by atoms with E-state index in [9.17, 15) is 14.9 Å². The fraction of sp³-hybridized carbons (Fsp3) is 0.321. The summed E-state index contributed by atoms with van der Waals surface area (Å²) in [4.78, 5) is 29.0. The van der Waals surface area contributed by atoms with Crippen LogP contribution in [0.25, 0.3) is 10.8 Å². The number of ether oxygens (including phenoxy) is 2. The summed E-state index contributed by atoms with van der Waals surface area (Å²) in [7, 11) is 0. The van der Waals surface area contributed by atoms with Gasteiger partial charge in [0.05, 0.1) is 47.0 Å². The lowest BCUT2D eigenvalue weighted by molar-refractivity contribution is -0.131. The maximum absolute atomic E-state index is 13.9. The number of imide groups is 1. The average molecular weight is 487 g/mol. The molecule has 3 aliphatic rings. The molecule has 6 nitrogen and oxygen atoms in total. The van der Waals surface area contributed by atoms with Crippen molar-refractivity contribution in [1.82, 2.24) is 0 Å². The number of nitrogens with zero attached hydrogens (tertiary/aromatic N) is 2. The van der Waals surface area contributed by atoms with E-state index in [-0.39, 0.29) is 11.8 Å². The molecule has 6 rings (SSSR count). The lowest BCUT2D eigenvalue weighted by Gasteiger charge is -2.31. The second-order valence-electron chi connectivity index (χ2n) is 9.79. The van der Waals surface area contributed by atoms with Gasteiger partial charge in [-0.15, -0.1) is 0 Å². The van der Waals surface area contributed by atoms with Gasteiger partial charge in [-0.1, -0.05) is 41.9 Å². The normalized spacial score (nSPS) is 29.0. The summed E-state index contributed by atoms with van der Waals surface area (Å²) in [6, 6.07) is 20.1. The summed E-state index contributed by atoms with van der Waals surface area (Å²) >= 11 is 6.06. The minimum atomic E-state index is -0.748. The van der Waals surface area contributed by atoms with Crippen molar-refractivity contribution in [1.29, 1.82) is 5.26 Å². The van der Waals surface area contributed by atoms with E-state index >= 15 is 0 Å². The van der Waals surface area contributed by atoms with E-state index in [2.05, 4.69) is 6.07 Å².